The molecule has 1 aromatic carbocycles. The van der Waals surface area contributed by atoms with Gasteiger partial charge in [0.2, 0.25) is 0 Å². The summed E-state index contributed by atoms with van der Waals surface area (Å²) in [6, 6.07) is 5.09. The number of aromatic nitrogens is 3. The van der Waals surface area contributed by atoms with Gasteiger partial charge >= 0.3 is 0 Å². The summed E-state index contributed by atoms with van der Waals surface area (Å²) in [5, 5.41) is 11.4. The van der Waals surface area contributed by atoms with E-state index in [0.29, 0.717) is 12.2 Å². The SMILES string of the molecule is Cc1ccc(-n2cc(CNCC3CC3)nn2)c(F)c1. The molecule has 0 atom stereocenters. The molecule has 2 aromatic rings. The maximum Gasteiger partial charge on any atom is 0.149 e. The predicted octanol–water partition coefficient (Wildman–Crippen LogP) is 2.21. The van der Waals surface area contributed by atoms with Crippen LogP contribution in [-0.4, -0.2) is 21.5 Å². The lowest BCUT2D eigenvalue weighted by Gasteiger charge is -2.02. The van der Waals surface area contributed by atoms with E-state index < -0.39 is 0 Å². The summed E-state index contributed by atoms with van der Waals surface area (Å²) in [5.41, 5.74) is 2.17. The summed E-state index contributed by atoms with van der Waals surface area (Å²) >= 11 is 0. The van der Waals surface area contributed by atoms with Crippen molar-refractivity contribution in [3.8, 4) is 5.69 Å². The molecule has 1 aliphatic rings. The number of nitrogens with zero attached hydrogens (tertiary/aromatic N) is 3. The average molecular weight is 260 g/mol. The molecule has 0 aliphatic heterocycles. The van der Waals surface area contributed by atoms with Gasteiger partial charge in [0.1, 0.15) is 11.5 Å². The Hall–Kier alpha value is -1.75. The summed E-state index contributed by atoms with van der Waals surface area (Å²) < 4.78 is 15.3. The van der Waals surface area contributed by atoms with Gasteiger partial charge in [-0.25, -0.2) is 9.07 Å². The van der Waals surface area contributed by atoms with Gasteiger partial charge in [-0.05, 0) is 49.9 Å². The van der Waals surface area contributed by atoms with Crippen molar-refractivity contribution >= 4 is 0 Å². The number of hydrogen-bond acceptors (Lipinski definition) is 3. The molecule has 4 nitrogen and oxygen atoms in total. The standard InChI is InChI=1S/C14H17FN4/c1-10-2-5-14(13(15)6-10)19-9-12(17-18-19)8-16-7-11-3-4-11/h2,5-6,9,11,16H,3-4,7-8H2,1H3. The Balaban J connectivity index is 1.68. The quantitative estimate of drug-likeness (QED) is 0.896. The lowest BCUT2D eigenvalue weighted by atomic mass is 10.2. The molecule has 0 spiro atoms. The fourth-order valence-corrected chi connectivity index (χ4v) is 2.02. The monoisotopic (exact) mass is 260 g/mol. The average Bonchev–Trinajstić information content (AvgIpc) is 3.07. The molecule has 1 N–H and O–H groups in total. The molecule has 0 unspecified atom stereocenters. The Kier molecular flexibility index (Phi) is 3.29. The van der Waals surface area contributed by atoms with Crippen LogP contribution >= 0.6 is 0 Å². The van der Waals surface area contributed by atoms with Gasteiger partial charge in [0.15, 0.2) is 0 Å². The molecule has 0 saturated heterocycles. The van der Waals surface area contributed by atoms with E-state index in [1.165, 1.54) is 23.6 Å². The van der Waals surface area contributed by atoms with Crippen LogP contribution in [0.25, 0.3) is 5.69 Å². The number of rotatable bonds is 5. The molecule has 1 fully saturated rings. The molecule has 0 bridgehead atoms. The van der Waals surface area contributed by atoms with Crippen molar-refractivity contribution < 1.29 is 4.39 Å². The summed E-state index contributed by atoms with van der Waals surface area (Å²) in [6.07, 6.45) is 4.43. The topological polar surface area (TPSA) is 42.7 Å². The van der Waals surface area contributed by atoms with Gasteiger partial charge in [-0.3, -0.25) is 0 Å². The molecular formula is C14H17FN4. The van der Waals surface area contributed by atoms with Crippen LogP contribution in [0.5, 0.6) is 0 Å². The second-order valence-corrected chi connectivity index (χ2v) is 5.18. The Morgan fingerprint density at radius 1 is 1.42 bits per heavy atom. The van der Waals surface area contributed by atoms with E-state index in [2.05, 4.69) is 15.6 Å². The maximum atomic E-state index is 13.8. The molecule has 5 heteroatoms. The normalized spacial score (nSPS) is 14.8. The first kappa shape index (κ1) is 12.3. The second kappa shape index (κ2) is 5.09. The zero-order chi connectivity index (χ0) is 13.2. The van der Waals surface area contributed by atoms with Crippen LogP contribution in [0.3, 0.4) is 0 Å². The Morgan fingerprint density at radius 2 is 2.26 bits per heavy atom. The van der Waals surface area contributed by atoms with Crippen LogP contribution < -0.4 is 5.32 Å². The third-order valence-corrected chi connectivity index (χ3v) is 3.33. The van der Waals surface area contributed by atoms with Crippen molar-refractivity contribution in [2.45, 2.75) is 26.3 Å². The Labute approximate surface area is 111 Å². The van der Waals surface area contributed by atoms with E-state index in [1.807, 2.05) is 13.0 Å². The zero-order valence-electron chi connectivity index (χ0n) is 10.9. The predicted molar refractivity (Wildman–Crippen MR) is 70.5 cm³/mol. The van der Waals surface area contributed by atoms with Gasteiger partial charge < -0.3 is 5.32 Å². The van der Waals surface area contributed by atoms with Crippen molar-refractivity contribution in [1.82, 2.24) is 20.3 Å². The fourth-order valence-electron chi connectivity index (χ4n) is 2.02. The van der Waals surface area contributed by atoms with E-state index in [9.17, 15) is 4.39 Å². The van der Waals surface area contributed by atoms with Gasteiger partial charge in [0.05, 0.1) is 11.9 Å². The largest absolute Gasteiger partial charge is 0.311 e. The van der Waals surface area contributed by atoms with E-state index in [0.717, 1.165) is 23.7 Å². The van der Waals surface area contributed by atoms with Crippen LogP contribution in [0.2, 0.25) is 0 Å². The first-order chi connectivity index (χ1) is 9.22. The van der Waals surface area contributed by atoms with Crippen LogP contribution in [0.15, 0.2) is 24.4 Å². The van der Waals surface area contributed by atoms with Crippen molar-refractivity contribution in [2.24, 2.45) is 5.92 Å². The van der Waals surface area contributed by atoms with E-state index in [4.69, 9.17) is 0 Å². The van der Waals surface area contributed by atoms with Gasteiger partial charge in [-0.15, -0.1) is 5.10 Å². The van der Waals surface area contributed by atoms with E-state index >= 15 is 0 Å². The van der Waals surface area contributed by atoms with Crippen LogP contribution in [0, 0.1) is 18.7 Å². The molecule has 100 valence electrons. The van der Waals surface area contributed by atoms with Gasteiger partial charge in [0.25, 0.3) is 0 Å². The number of halogens is 1. The second-order valence-electron chi connectivity index (χ2n) is 5.18. The molecule has 19 heavy (non-hydrogen) atoms. The van der Waals surface area contributed by atoms with Gasteiger partial charge in [-0.1, -0.05) is 11.3 Å². The highest BCUT2D eigenvalue weighted by atomic mass is 19.1. The molecule has 1 aromatic heterocycles. The number of benzene rings is 1. The number of hydrogen-bond donors (Lipinski definition) is 1. The van der Waals surface area contributed by atoms with Crippen molar-refractivity contribution in [3.05, 3.63) is 41.5 Å². The highest BCUT2D eigenvalue weighted by molar-refractivity contribution is 5.35. The van der Waals surface area contributed by atoms with Gasteiger partial charge in [-0.2, -0.15) is 0 Å². The Bertz CT molecular complexity index is 575. The highest BCUT2D eigenvalue weighted by Gasteiger charge is 2.20. The van der Waals surface area contributed by atoms with E-state index in [-0.39, 0.29) is 5.82 Å². The first-order valence-corrected chi connectivity index (χ1v) is 6.61. The van der Waals surface area contributed by atoms with E-state index in [1.54, 1.807) is 12.3 Å². The molecule has 0 amide bonds. The summed E-state index contributed by atoms with van der Waals surface area (Å²) in [4.78, 5) is 0. The number of aryl methyl sites for hydroxylation is 1. The molecule has 1 heterocycles. The highest BCUT2D eigenvalue weighted by Crippen LogP contribution is 2.27. The smallest absolute Gasteiger partial charge is 0.149 e. The molecule has 1 aliphatic carbocycles. The minimum absolute atomic E-state index is 0.276. The van der Waals surface area contributed by atoms with Crippen molar-refractivity contribution in [1.29, 1.82) is 0 Å². The number of nitrogens with one attached hydrogen (secondary N) is 1. The minimum atomic E-state index is -0.276. The zero-order valence-corrected chi connectivity index (χ0v) is 10.9. The molecule has 3 rings (SSSR count). The van der Waals surface area contributed by atoms with Crippen molar-refractivity contribution in [3.63, 3.8) is 0 Å². The van der Waals surface area contributed by atoms with Crippen LogP contribution in [0.4, 0.5) is 4.39 Å². The first-order valence-electron chi connectivity index (χ1n) is 6.61. The summed E-state index contributed by atoms with van der Waals surface area (Å²) in [7, 11) is 0. The summed E-state index contributed by atoms with van der Waals surface area (Å²) in [6.45, 7) is 3.58. The fraction of sp³-hybridized carbons (Fsp3) is 0.429. The third-order valence-electron chi connectivity index (χ3n) is 3.33. The van der Waals surface area contributed by atoms with Gasteiger partial charge in [0, 0.05) is 6.54 Å². The van der Waals surface area contributed by atoms with Crippen LogP contribution in [0.1, 0.15) is 24.1 Å². The van der Waals surface area contributed by atoms with Crippen molar-refractivity contribution in [2.75, 3.05) is 6.54 Å². The molecule has 1 saturated carbocycles. The summed E-state index contributed by atoms with van der Waals surface area (Å²) in [5.74, 6) is 0.562. The molecule has 0 radical (unpaired) electrons. The molecular weight excluding hydrogens is 243 g/mol. The van der Waals surface area contributed by atoms with Crippen LogP contribution in [-0.2, 0) is 6.54 Å². The lowest BCUT2D eigenvalue weighted by Crippen LogP contribution is -2.16. The maximum absolute atomic E-state index is 13.8. The Morgan fingerprint density at radius 3 is 3.00 bits per heavy atom. The lowest BCUT2D eigenvalue weighted by molar-refractivity contribution is 0.605. The minimum Gasteiger partial charge on any atom is -0.311 e. The third kappa shape index (κ3) is 2.98.